The van der Waals surface area contributed by atoms with Crippen molar-refractivity contribution in [1.82, 2.24) is 5.32 Å². The smallest absolute Gasteiger partial charge is 0.244 e. The molecule has 1 aromatic carbocycles. The molecule has 2 unspecified atom stereocenters. The number of nitrogens with zero attached hydrogens (tertiary/aromatic N) is 1. The van der Waals surface area contributed by atoms with Crippen LogP contribution in [0.2, 0.25) is 0 Å². The lowest BCUT2D eigenvalue weighted by molar-refractivity contribution is -0.120. The molecule has 2 heterocycles. The summed E-state index contributed by atoms with van der Waals surface area (Å²) in [6.07, 6.45) is 3.17. The van der Waals surface area contributed by atoms with Crippen LogP contribution in [0.15, 0.2) is 24.3 Å². The fourth-order valence-corrected chi connectivity index (χ4v) is 3.09. The van der Waals surface area contributed by atoms with Gasteiger partial charge in [-0.1, -0.05) is 25.1 Å². The Bertz CT molecular complexity index is 452. The van der Waals surface area contributed by atoms with Gasteiger partial charge in [0.15, 0.2) is 0 Å². The average Bonchev–Trinajstić information content (AvgIpc) is 2.90. The third-order valence-corrected chi connectivity index (χ3v) is 3.97. The Morgan fingerprint density at radius 3 is 3.00 bits per heavy atom. The number of rotatable bonds is 1. The van der Waals surface area contributed by atoms with E-state index in [4.69, 9.17) is 0 Å². The first-order chi connectivity index (χ1) is 8.75. The molecule has 2 aliphatic heterocycles. The zero-order chi connectivity index (χ0) is 12.5. The van der Waals surface area contributed by atoms with Crippen LogP contribution in [0.5, 0.6) is 0 Å². The van der Waals surface area contributed by atoms with Crippen LogP contribution in [0, 0.1) is 5.92 Å². The Morgan fingerprint density at radius 2 is 2.22 bits per heavy atom. The summed E-state index contributed by atoms with van der Waals surface area (Å²) < 4.78 is 0. The molecule has 0 saturated carbocycles. The van der Waals surface area contributed by atoms with Crippen LogP contribution in [0.1, 0.15) is 25.3 Å². The lowest BCUT2D eigenvalue weighted by atomic mass is 9.93. The highest BCUT2D eigenvalue weighted by Gasteiger charge is 2.31. The van der Waals surface area contributed by atoms with Crippen LogP contribution >= 0.6 is 0 Å². The molecule has 96 valence electrons. The van der Waals surface area contributed by atoms with Gasteiger partial charge in [-0.25, -0.2) is 0 Å². The molecule has 3 heteroatoms. The number of para-hydroxylation sites is 1. The molecule has 1 saturated heterocycles. The molecule has 1 fully saturated rings. The maximum absolute atomic E-state index is 12.6. The second kappa shape index (κ2) is 4.73. The van der Waals surface area contributed by atoms with Crippen LogP contribution in [0.4, 0.5) is 5.69 Å². The molecule has 0 spiro atoms. The first-order valence-electron chi connectivity index (χ1n) is 6.88. The molecule has 1 aromatic rings. The standard InChI is InChI=1S/C15H20N2O/c1-11-9-12-5-2-3-7-14(12)17(10-11)15(18)13-6-4-8-16-13/h2-3,5,7,11,13,16H,4,6,8-10H2,1H3. The van der Waals surface area contributed by atoms with E-state index in [2.05, 4.69) is 30.4 Å². The molecule has 0 radical (unpaired) electrons. The van der Waals surface area contributed by atoms with E-state index in [0.29, 0.717) is 5.92 Å². The number of nitrogens with one attached hydrogen (secondary N) is 1. The van der Waals surface area contributed by atoms with E-state index in [0.717, 1.165) is 38.0 Å². The Hall–Kier alpha value is -1.35. The van der Waals surface area contributed by atoms with Crippen LogP contribution < -0.4 is 10.2 Å². The zero-order valence-electron chi connectivity index (χ0n) is 10.9. The predicted molar refractivity (Wildman–Crippen MR) is 72.7 cm³/mol. The lowest BCUT2D eigenvalue weighted by Gasteiger charge is -2.34. The second-order valence-electron chi connectivity index (χ2n) is 5.54. The Balaban J connectivity index is 1.89. The van der Waals surface area contributed by atoms with Crippen molar-refractivity contribution in [3.8, 4) is 0 Å². The van der Waals surface area contributed by atoms with Crippen molar-refractivity contribution in [2.75, 3.05) is 18.0 Å². The Morgan fingerprint density at radius 1 is 1.39 bits per heavy atom. The highest BCUT2D eigenvalue weighted by atomic mass is 16.2. The molecular formula is C15H20N2O. The van der Waals surface area contributed by atoms with E-state index in [1.54, 1.807) is 0 Å². The minimum absolute atomic E-state index is 0.0309. The molecule has 1 N–H and O–H groups in total. The largest absolute Gasteiger partial charge is 0.311 e. The predicted octanol–water partition coefficient (Wildman–Crippen LogP) is 1.96. The fourth-order valence-electron chi connectivity index (χ4n) is 3.09. The zero-order valence-corrected chi connectivity index (χ0v) is 10.9. The molecule has 1 amide bonds. The average molecular weight is 244 g/mol. The van der Waals surface area contributed by atoms with Gasteiger partial charge in [0, 0.05) is 12.2 Å². The number of benzene rings is 1. The van der Waals surface area contributed by atoms with Crippen LogP contribution in [-0.4, -0.2) is 25.0 Å². The number of amides is 1. The van der Waals surface area contributed by atoms with Crippen LogP contribution in [-0.2, 0) is 11.2 Å². The highest BCUT2D eigenvalue weighted by molar-refractivity contribution is 5.98. The van der Waals surface area contributed by atoms with E-state index in [9.17, 15) is 4.79 Å². The van der Waals surface area contributed by atoms with E-state index in [1.165, 1.54) is 5.56 Å². The van der Waals surface area contributed by atoms with Gasteiger partial charge < -0.3 is 10.2 Å². The number of hydrogen-bond donors (Lipinski definition) is 1. The van der Waals surface area contributed by atoms with Gasteiger partial charge in [-0.2, -0.15) is 0 Å². The van der Waals surface area contributed by atoms with Crippen molar-refractivity contribution >= 4 is 11.6 Å². The third-order valence-electron chi connectivity index (χ3n) is 3.97. The first-order valence-corrected chi connectivity index (χ1v) is 6.88. The van der Waals surface area contributed by atoms with Gasteiger partial charge in [0.25, 0.3) is 0 Å². The van der Waals surface area contributed by atoms with Crippen molar-refractivity contribution in [2.45, 2.75) is 32.2 Å². The number of hydrogen-bond acceptors (Lipinski definition) is 2. The quantitative estimate of drug-likeness (QED) is 0.819. The van der Waals surface area contributed by atoms with Gasteiger partial charge in [0.05, 0.1) is 6.04 Å². The summed E-state index contributed by atoms with van der Waals surface area (Å²) in [5.74, 6) is 0.803. The molecular weight excluding hydrogens is 224 g/mol. The number of carbonyl (C=O) groups is 1. The van der Waals surface area contributed by atoms with E-state index >= 15 is 0 Å². The summed E-state index contributed by atoms with van der Waals surface area (Å²) in [4.78, 5) is 14.6. The monoisotopic (exact) mass is 244 g/mol. The summed E-state index contributed by atoms with van der Waals surface area (Å²) in [5.41, 5.74) is 2.43. The molecule has 18 heavy (non-hydrogen) atoms. The number of carbonyl (C=O) groups excluding carboxylic acids is 1. The van der Waals surface area contributed by atoms with E-state index < -0.39 is 0 Å². The lowest BCUT2D eigenvalue weighted by Crippen LogP contribution is -2.47. The van der Waals surface area contributed by atoms with Gasteiger partial charge in [-0.3, -0.25) is 4.79 Å². The van der Waals surface area contributed by atoms with Gasteiger partial charge in [0.2, 0.25) is 5.91 Å². The van der Waals surface area contributed by atoms with Gasteiger partial charge in [-0.15, -0.1) is 0 Å². The molecule has 3 rings (SSSR count). The normalized spacial score (nSPS) is 27.1. The van der Waals surface area contributed by atoms with Crippen molar-refractivity contribution in [3.63, 3.8) is 0 Å². The first kappa shape index (κ1) is 11.7. The maximum atomic E-state index is 12.6. The summed E-state index contributed by atoms with van der Waals surface area (Å²) in [5, 5.41) is 3.31. The summed E-state index contributed by atoms with van der Waals surface area (Å²) in [6.45, 7) is 4.05. The topological polar surface area (TPSA) is 32.3 Å². The fraction of sp³-hybridized carbons (Fsp3) is 0.533. The van der Waals surface area contributed by atoms with E-state index in [1.807, 2.05) is 11.0 Å². The van der Waals surface area contributed by atoms with E-state index in [-0.39, 0.29) is 11.9 Å². The van der Waals surface area contributed by atoms with Gasteiger partial charge in [-0.05, 0) is 43.4 Å². The molecule has 0 aliphatic carbocycles. The molecule has 3 nitrogen and oxygen atoms in total. The number of fused-ring (bicyclic) bond motifs is 1. The third kappa shape index (κ3) is 2.03. The second-order valence-corrected chi connectivity index (χ2v) is 5.54. The Labute approximate surface area is 108 Å². The minimum Gasteiger partial charge on any atom is -0.311 e. The van der Waals surface area contributed by atoms with Crippen molar-refractivity contribution in [1.29, 1.82) is 0 Å². The number of anilines is 1. The summed E-state index contributed by atoms with van der Waals surface area (Å²) in [7, 11) is 0. The minimum atomic E-state index is 0.0309. The van der Waals surface area contributed by atoms with Gasteiger partial charge in [0.1, 0.15) is 0 Å². The van der Waals surface area contributed by atoms with Crippen molar-refractivity contribution in [3.05, 3.63) is 29.8 Å². The SMILES string of the molecule is CC1Cc2ccccc2N(C(=O)C2CCCN2)C1. The molecule has 0 aromatic heterocycles. The van der Waals surface area contributed by atoms with Crippen molar-refractivity contribution in [2.24, 2.45) is 5.92 Å². The van der Waals surface area contributed by atoms with Gasteiger partial charge >= 0.3 is 0 Å². The highest BCUT2D eigenvalue weighted by Crippen LogP contribution is 2.30. The van der Waals surface area contributed by atoms with Crippen LogP contribution in [0.25, 0.3) is 0 Å². The molecule has 2 atom stereocenters. The Kier molecular flexibility index (Phi) is 3.08. The van der Waals surface area contributed by atoms with Crippen molar-refractivity contribution < 1.29 is 4.79 Å². The molecule has 0 bridgehead atoms. The molecule has 2 aliphatic rings. The van der Waals surface area contributed by atoms with Crippen LogP contribution in [0.3, 0.4) is 0 Å². The summed E-state index contributed by atoms with van der Waals surface area (Å²) in [6, 6.07) is 8.34. The summed E-state index contributed by atoms with van der Waals surface area (Å²) >= 11 is 0. The maximum Gasteiger partial charge on any atom is 0.244 e.